The van der Waals surface area contributed by atoms with Crippen molar-refractivity contribution in [3.63, 3.8) is 0 Å². The smallest absolute Gasteiger partial charge is 0.152 e. The standard InChI is InChI=1S/C11H13FO2S/c1-3-9(12)8-14-10-4-6-11(7-5-10)15(2)13/h3-7H,8H2,1-2H3. The molecule has 1 atom stereocenters. The molecular formula is C11H13FO2S. The number of rotatable bonds is 4. The van der Waals surface area contributed by atoms with E-state index in [0.29, 0.717) is 5.75 Å². The normalized spacial score (nSPS) is 13.7. The first kappa shape index (κ1) is 12.1. The van der Waals surface area contributed by atoms with Crippen LogP contribution in [-0.4, -0.2) is 17.4 Å². The van der Waals surface area contributed by atoms with Gasteiger partial charge in [-0.2, -0.15) is 0 Å². The van der Waals surface area contributed by atoms with Gasteiger partial charge in [0.25, 0.3) is 0 Å². The quantitative estimate of drug-likeness (QED) is 0.742. The fourth-order valence-electron chi connectivity index (χ4n) is 0.963. The highest BCUT2D eigenvalue weighted by Crippen LogP contribution is 2.16. The molecule has 1 aromatic rings. The van der Waals surface area contributed by atoms with Gasteiger partial charge in [-0.05, 0) is 42.4 Å². The van der Waals surface area contributed by atoms with Gasteiger partial charge < -0.3 is 9.29 Å². The molecule has 0 aliphatic heterocycles. The van der Waals surface area contributed by atoms with Crippen LogP contribution in [0, 0.1) is 0 Å². The summed E-state index contributed by atoms with van der Waals surface area (Å²) in [6, 6.07) is 6.78. The second-order valence-electron chi connectivity index (χ2n) is 2.95. The maximum atomic E-state index is 12.7. The van der Waals surface area contributed by atoms with Crippen molar-refractivity contribution in [1.29, 1.82) is 0 Å². The average Bonchev–Trinajstić information content (AvgIpc) is 2.26. The minimum atomic E-state index is -0.993. The van der Waals surface area contributed by atoms with Gasteiger partial charge in [0, 0.05) is 0 Å². The van der Waals surface area contributed by atoms with E-state index < -0.39 is 11.2 Å². The maximum absolute atomic E-state index is 12.7. The highest BCUT2D eigenvalue weighted by atomic mass is 32.2. The molecule has 82 valence electrons. The Labute approximate surface area is 91.9 Å². The number of benzene rings is 1. The van der Waals surface area contributed by atoms with E-state index in [1.54, 1.807) is 37.4 Å². The zero-order chi connectivity index (χ0) is 11.3. The molecule has 0 aromatic heterocycles. The van der Waals surface area contributed by atoms with Gasteiger partial charge >= 0.3 is 0 Å². The van der Waals surface area contributed by atoms with Gasteiger partial charge in [0.05, 0.1) is 0 Å². The minimum Gasteiger partial charge on any atom is -0.612 e. The number of hydrogen-bond acceptors (Lipinski definition) is 2. The summed E-state index contributed by atoms with van der Waals surface area (Å²) in [4.78, 5) is 0.730. The molecule has 0 aliphatic rings. The summed E-state index contributed by atoms with van der Waals surface area (Å²) >= 11 is -0.993. The molecule has 0 fully saturated rings. The Kier molecular flexibility index (Phi) is 4.65. The van der Waals surface area contributed by atoms with E-state index in [4.69, 9.17) is 4.74 Å². The SMILES string of the molecule is CC=C(F)COc1ccc([S+](C)[O-])cc1. The molecule has 0 saturated heterocycles. The zero-order valence-electron chi connectivity index (χ0n) is 8.70. The van der Waals surface area contributed by atoms with Crippen LogP contribution in [0.1, 0.15) is 6.92 Å². The molecule has 0 radical (unpaired) electrons. The van der Waals surface area contributed by atoms with Crippen molar-refractivity contribution < 1.29 is 13.7 Å². The van der Waals surface area contributed by atoms with Crippen LogP contribution in [0.5, 0.6) is 5.75 Å². The zero-order valence-corrected chi connectivity index (χ0v) is 9.51. The number of halogens is 1. The summed E-state index contributed by atoms with van der Waals surface area (Å²) in [7, 11) is 0. The predicted octanol–water partition coefficient (Wildman–Crippen LogP) is 2.68. The lowest BCUT2D eigenvalue weighted by atomic mass is 10.3. The highest BCUT2D eigenvalue weighted by Gasteiger charge is 2.03. The van der Waals surface area contributed by atoms with E-state index in [0.717, 1.165) is 4.90 Å². The Morgan fingerprint density at radius 2 is 2.07 bits per heavy atom. The average molecular weight is 228 g/mol. The van der Waals surface area contributed by atoms with Crippen molar-refractivity contribution in [3.05, 3.63) is 36.2 Å². The van der Waals surface area contributed by atoms with E-state index in [1.807, 2.05) is 0 Å². The third-order valence-corrected chi connectivity index (χ3v) is 2.78. The van der Waals surface area contributed by atoms with E-state index in [9.17, 15) is 8.94 Å². The van der Waals surface area contributed by atoms with Gasteiger partial charge in [-0.3, -0.25) is 0 Å². The third-order valence-electron chi connectivity index (χ3n) is 1.85. The second kappa shape index (κ2) is 5.78. The van der Waals surface area contributed by atoms with Crippen molar-refractivity contribution >= 4 is 11.2 Å². The first-order valence-electron chi connectivity index (χ1n) is 4.50. The van der Waals surface area contributed by atoms with E-state index in [2.05, 4.69) is 0 Å². The van der Waals surface area contributed by atoms with Crippen LogP contribution in [0.4, 0.5) is 4.39 Å². The van der Waals surface area contributed by atoms with Crippen LogP contribution in [-0.2, 0) is 11.2 Å². The number of ether oxygens (including phenoxy) is 1. The molecule has 15 heavy (non-hydrogen) atoms. The summed E-state index contributed by atoms with van der Waals surface area (Å²) in [5, 5.41) is 0. The molecule has 4 heteroatoms. The molecule has 1 aromatic carbocycles. The van der Waals surface area contributed by atoms with E-state index in [-0.39, 0.29) is 12.4 Å². The minimum absolute atomic E-state index is 0.0644. The van der Waals surface area contributed by atoms with Gasteiger partial charge in [-0.15, -0.1) is 0 Å². The van der Waals surface area contributed by atoms with Crippen LogP contribution in [0.15, 0.2) is 41.1 Å². The van der Waals surface area contributed by atoms with Crippen molar-refractivity contribution in [2.45, 2.75) is 11.8 Å². The van der Waals surface area contributed by atoms with E-state index in [1.165, 1.54) is 6.08 Å². The summed E-state index contributed by atoms with van der Waals surface area (Å²) in [5.74, 6) is 0.263. The Bertz CT molecular complexity index is 333. The first-order valence-corrected chi connectivity index (χ1v) is 6.06. The summed E-state index contributed by atoms with van der Waals surface area (Å²) < 4.78 is 28.9. The molecule has 0 bridgehead atoms. The lowest BCUT2D eigenvalue weighted by molar-refractivity contribution is 0.318. The summed E-state index contributed by atoms with van der Waals surface area (Å²) in [6.45, 7) is 1.55. The molecule has 0 saturated carbocycles. The largest absolute Gasteiger partial charge is 0.612 e. The maximum Gasteiger partial charge on any atom is 0.152 e. The van der Waals surface area contributed by atoms with Gasteiger partial charge in [0.1, 0.15) is 24.4 Å². The van der Waals surface area contributed by atoms with Crippen LogP contribution < -0.4 is 4.74 Å². The van der Waals surface area contributed by atoms with Gasteiger partial charge in [-0.25, -0.2) is 4.39 Å². The van der Waals surface area contributed by atoms with Crippen LogP contribution in [0.3, 0.4) is 0 Å². The molecule has 0 heterocycles. The lowest BCUT2D eigenvalue weighted by Gasteiger charge is -2.06. The van der Waals surface area contributed by atoms with Crippen molar-refractivity contribution in [1.82, 2.24) is 0 Å². The van der Waals surface area contributed by atoms with Gasteiger partial charge in [0.15, 0.2) is 4.90 Å². The van der Waals surface area contributed by atoms with Crippen molar-refractivity contribution in [3.8, 4) is 5.75 Å². The third kappa shape index (κ3) is 3.93. The fraction of sp³-hybridized carbons (Fsp3) is 0.273. The highest BCUT2D eigenvalue weighted by molar-refractivity contribution is 7.90. The molecular weight excluding hydrogens is 215 g/mol. The molecule has 2 nitrogen and oxygen atoms in total. The van der Waals surface area contributed by atoms with Gasteiger partial charge in [0.2, 0.25) is 0 Å². The molecule has 0 aliphatic carbocycles. The lowest BCUT2D eigenvalue weighted by Crippen LogP contribution is -1.99. The molecule has 0 N–H and O–H groups in total. The Morgan fingerprint density at radius 3 is 2.53 bits per heavy atom. The van der Waals surface area contributed by atoms with Crippen LogP contribution in [0.25, 0.3) is 0 Å². The van der Waals surface area contributed by atoms with Gasteiger partial charge in [-0.1, -0.05) is 6.08 Å². The fourth-order valence-corrected chi connectivity index (χ4v) is 1.48. The molecule has 0 spiro atoms. The Hall–Kier alpha value is -1.00. The Morgan fingerprint density at radius 1 is 1.47 bits per heavy atom. The van der Waals surface area contributed by atoms with Crippen molar-refractivity contribution in [2.75, 3.05) is 12.9 Å². The monoisotopic (exact) mass is 228 g/mol. The van der Waals surface area contributed by atoms with E-state index >= 15 is 0 Å². The molecule has 1 rings (SSSR count). The topological polar surface area (TPSA) is 32.3 Å². The summed E-state index contributed by atoms with van der Waals surface area (Å²) in [5.41, 5.74) is 0. The predicted molar refractivity (Wildman–Crippen MR) is 59.1 cm³/mol. The van der Waals surface area contributed by atoms with Crippen LogP contribution >= 0.6 is 0 Å². The number of allylic oxidation sites excluding steroid dienone is 1. The first-order chi connectivity index (χ1) is 7.13. The van der Waals surface area contributed by atoms with Crippen molar-refractivity contribution in [2.24, 2.45) is 0 Å². The number of hydrogen-bond donors (Lipinski definition) is 0. The van der Waals surface area contributed by atoms with Crippen LogP contribution in [0.2, 0.25) is 0 Å². The molecule has 1 unspecified atom stereocenters. The molecule has 0 amide bonds. The Balaban J connectivity index is 2.57. The summed E-state index contributed by atoms with van der Waals surface area (Å²) in [6.07, 6.45) is 2.96. The second-order valence-corrected chi connectivity index (χ2v) is 4.33.